The normalized spacial score (nSPS) is 15.3. The van der Waals surface area contributed by atoms with Crippen LogP contribution in [0.1, 0.15) is 13.3 Å². The highest BCUT2D eigenvalue weighted by Crippen LogP contribution is 2.37. The Balaban J connectivity index is 1.65. The fraction of sp³-hybridized carbons (Fsp3) is 0.300. The Bertz CT molecular complexity index is 901. The first-order valence-corrected chi connectivity index (χ1v) is 9.09. The van der Waals surface area contributed by atoms with Crippen molar-refractivity contribution in [2.45, 2.75) is 19.4 Å². The summed E-state index contributed by atoms with van der Waals surface area (Å²) in [6.07, 6.45) is -0.371. The van der Waals surface area contributed by atoms with Gasteiger partial charge in [-0.1, -0.05) is 25.1 Å². The molecule has 9 nitrogen and oxygen atoms in total. The van der Waals surface area contributed by atoms with E-state index in [0.717, 1.165) is 0 Å². The summed E-state index contributed by atoms with van der Waals surface area (Å²) in [5.74, 6) is -0.136. The molecule has 0 bridgehead atoms. The molecular formula is C20H20N2O7. The number of carbonyl (C=O) groups is 2. The van der Waals surface area contributed by atoms with Gasteiger partial charge < -0.3 is 14.2 Å². The van der Waals surface area contributed by atoms with Gasteiger partial charge in [0.1, 0.15) is 31.3 Å². The highest BCUT2D eigenvalue weighted by atomic mass is 16.6. The first-order valence-electron chi connectivity index (χ1n) is 9.09. The van der Waals surface area contributed by atoms with Crippen molar-refractivity contribution in [1.82, 2.24) is 0 Å². The lowest BCUT2D eigenvalue weighted by Gasteiger charge is -2.33. The number of benzene rings is 2. The van der Waals surface area contributed by atoms with Gasteiger partial charge in [0.05, 0.1) is 10.6 Å². The van der Waals surface area contributed by atoms with E-state index in [1.165, 1.54) is 23.1 Å². The smallest absolute Gasteiger partial charge is 0.326 e. The fourth-order valence-corrected chi connectivity index (χ4v) is 2.85. The van der Waals surface area contributed by atoms with E-state index in [1.54, 1.807) is 19.1 Å². The quantitative estimate of drug-likeness (QED) is 0.290. The average Bonchev–Trinajstić information content (AvgIpc) is 2.73. The number of anilines is 1. The summed E-state index contributed by atoms with van der Waals surface area (Å²) in [6.45, 7) is 1.56. The van der Waals surface area contributed by atoms with E-state index in [-0.39, 0.29) is 31.1 Å². The molecule has 1 amide bonds. The summed E-state index contributed by atoms with van der Waals surface area (Å²) < 4.78 is 16.2. The Hall–Kier alpha value is -3.62. The Labute approximate surface area is 166 Å². The first-order chi connectivity index (χ1) is 14.0. The summed E-state index contributed by atoms with van der Waals surface area (Å²) in [5.41, 5.74) is -0.0314. The van der Waals surface area contributed by atoms with Gasteiger partial charge in [-0.2, -0.15) is 0 Å². The summed E-state index contributed by atoms with van der Waals surface area (Å²) in [5, 5.41) is 11.1. The lowest BCUT2D eigenvalue weighted by molar-refractivity contribution is -0.384. The van der Waals surface area contributed by atoms with Crippen molar-refractivity contribution in [3.8, 4) is 11.5 Å². The van der Waals surface area contributed by atoms with Crippen molar-refractivity contribution < 1.29 is 28.7 Å². The van der Waals surface area contributed by atoms with Gasteiger partial charge in [0.25, 0.3) is 11.6 Å². The second-order valence-electron chi connectivity index (χ2n) is 6.23. The van der Waals surface area contributed by atoms with Gasteiger partial charge in [0.2, 0.25) is 0 Å². The standard InChI is InChI=1S/C20H20N2O7/c1-2-17-20(24)21(16-12-14(22(25)26)8-9-18(16)29-17)13-19(23)28-11-10-27-15-6-4-3-5-7-15/h3-9,12,17H,2,10-11,13H2,1H3. The molecule has 0 fully saturated rings. The van der Waals surface area contributed by atoms with Crippen LogP contribution in [0.3, 0.4) is 0 Å². The maximum atomic E-state index is 12.6. The number of carbonyl (C=O) groups excluding carboxylic acids is 2. The van der Waals surface area contributed by atoms with Crippen molar-refractivity contribution >= 4 is 23.3 Å². The van der Waals surface area contributed by atoms with Crippen molar-refractivity contribution in [3.63, 3.8) is 0 Å². The second-order valence-corrected chi connectivity index (χ2v) is 6.23. The van der Waals surface area contributed by atoms with Crippen molar-refractivity contribution in [3.05, 3.63) is 58.6 Å². The summed E-state index contributed by atoms with van der Waals surface area (Å²) >= 11 is 0. The van der Waals surface area contributed by atoms with Crippen LogP contribution in [0.25, 0.3) is 0 Å². The highest BCUT2D eigenvalue weighted by Gasteiger charge is 2.35. The molecule has 2 aromatic carbocycles. The number of hydrogen-bond donors (Lipinski definition) is 0. The number of hydrogen-bond acceptors (Lipinski definition) is 7. The molecule has 0 radical (unpaired) electrons. The molecule has 1 heterocycles. The molecule has 0 spiro atoms. The number of nitro groups is 1. The van der Waals surface area contributed by atoms with Crippen molar-refractivity contribution in [2.75, 3.05) is 24.7 Å². The van der Waals surface area contributed by atoms with Crippen LogP contribution in [0, 0.1) is 10.1 Å². The zero-order valence-corrected chi connectivity index (χ0v) is 15.8. The van der Waals surface area contributed by atoms with Gasteiger partial charge in [0.15, 0.2) is 6.10 Å². The van der Waals surface area contributed by atoms with Gasteiger partial charge in [-0.05, 0) is 24.6 Å². The lowest BCUT2D eigenvalue weighted by Crippen LogP contribution is -2.48. The van der Waals surface area contributed by atoms with Crippen LogP contribution in [-0.2, 0) is 14.3 Å². The summed E-state index contributed by atoms with van der Waals surface area (Å²) in [4.78, 5) is 36.6. The van der Waals surface area contributed by atoms with Crippen LogP contribution in [-0.4, -0.2) is 42.7 Å². The molecule has 2 aromatic rings. The molecule has 0 saturated heterocycles. The molecule has 0 N–H and O–H groups in total. The minimum atomic E-state index is -0.766. The molecule has 9 heteroatoms. The van der Waals surface area contributed by atoms with E-state index in [0.29, 0.717) is 17.9 Å². The number of nitro benzene ring substituents is 1. The second kappa shape index (κ2) is 9.05. The molecule has 0 aromatic heterocycles. The zero-order chi connectivity index (χ0) is 20.8. The lowest BCUT2D eigenvalue weighted by atomic mass is 10.1. The van der Waals surface area contributed by atoms with E-state index in [2.05, 4.69) is 0 Å². The Morgan fingerprint density at radius 3 is 2.66 bits per heavy atom. The third-order valence-corrected chi connectivity index (χ3v) is 4.27. The number of ether oxygens (including phenoxy) is 3. The Kier molecular flexibility index (Phi) is 6.28. The van der Waals surface area contributed by atoms with E-state index < -0.39 is 22.9 Å². The highest BCUT2D eigenvalue weighted by molar-refractivity contribution is 6.03. The fourth-order valence-electron chi connectivity index (χ4n) is 2.85. The van der Waals surface area contributed by atoms with E-state index in [4.69, 9.17) is 14.2 Å². The van der Waals surface area contributed by atoms with Crippen LogP contribution in [0.2, 0.25) is 0 Å². The molecule has 0 saturated carbocycles. The zero-order valence-electron chi connectivity index (χ0n) is 15.8. The molecule has 3 rings (SSSR count). The number of nitrogens with zero attached hydrogens (tertiary/aromatic N) is 2. The summed E-state index contributed by atoms with van der Waals surface area (Å²) in [6, 6.07) is 13.0. The molecule has 1 aliphatic rings. The SMILES string of the molecule is CCC1Oc2ccc([N+](=O)[O-])cc2N(CC(=O)OCCOc2ccccc2)C1=O. The minimum Gasteiger partial charge on any atom is -0.490 e. The van der Waals surface area contributed by atoms with E-state index in [9.17, 15) is 19.7 Å². The van der Waals surface area contributed by atoms with Crippen LogP contribution in [0.5, 0.6) is 11.5 Å². The van der Waals surface area contributed by atoms with E-state index in [1.807, 2.05) is 18.2 Å². The summed E-state index contributed by atoms with van der Waals surface area (Å²) in [7, 11) is 0. The molecule has 0 aliphatic carbocycles. The third-order valence-electron chi connectivity index (χ3n) is 4.27. The van der Waals surface area contributed by atoms with Crippen molar-refractivity contribution in [2.24, 2.45) is 0 Å². The molecule has 1 atom stereocenters. The number of fused-ring (bicyclic) bond motifs is 1. The van der Waals surface area contributed by atoms with Gasteiger partial charge in [-0.3, -0.25) is 24.6 Å². The maximum absolute atomic E-state index is 12.6. The maximum Gasteiger partial charge on any atom is 0.326 e. The predicted molar refractivity (Wildman–Crippen MR) is 103 cm³/mol. The van der Waals surface area contributed by atoms with Crippen LogP contribution >= 0.6 is 0 Å². The van der Waals surface area contributed by atoms with Crippen LogP contribution in [0.15, 0.2) is 48.5 Å². The number of non-ortho nitro benzene ring substituents is 1. The number of rotatable bonds is 8. The van der Waals surface area contributed by atoms with Gasteiger partial charge in [0, 0.05) is 12.1 Å². The van der Waals surface area contributed by atoms with Crippen LogP contribution in [0.4, 0.5) is 11.4 Å². The Morgan fingerprint density at radius 2 is 1.97 bits per heavy atom. The molecular weight excluding hydrogens is 380 g/mol. The third kappa shape index (κ3) is 4.81. The average molecular weight is 400 g/mol. The van der Waals surface area contributed by atoms with Gasteiger partial charge >= 0.3 is 5.97 Å². The van der Waals surface area contributed by atoms with E-state index >= 15 is 0 Å². The monoisotopic (exact) mass is 400 g/mol. The van der Waals surface area contributed by atoms with Crippen molar-refractivity contribution in [1.29, 1.82) is 0 Å². The molecule has 152 valence electrons. The Morgan fingerprint density at radius 1 is 1.21 bits per heavy atom. The number of para-hydroxylation sites is 1. The number of esters is 1. The molecule has 29 heavy (non-hydrogen) atoms. The predicted octanol–water partition coefficient (Wildman–Crippen LogP) is 2.72. The molecule has 1 aliphatic heterocycles. The number of amides is 1. The van der Waals surface area contributed by atoms with Gasteiger partial charge in [-0.15, -0.1) is 0 Å². The van der Waals surface area contributed by atoms with Crippen LogP contribution < -0.4 is 14.4 Å². The largest absolute Gasteiger partial charge is 0.490 e. The topological polar surface area (TPSA) is 108 Å². The van der Waals surface area contributed by atoms with Gasteiger partial charge in [-0.25, -0.2) is 0 Å². The first kappa shape index (κ1) is 20.1. The molecule has 1 unspecified atom stereocenters. The minimum absolute atomic E-state index is 0.00522.